The van der Waals surface area contributed by atoms with E-state index in [9.17, 15) is 5.11 Å². The van der Waals surface area contributed by atoms with Gasteiger partial charge in [0, 0.05) is 24.3 Å². The highest BCUT2D eigenvalue weighted by atomic mass is 16.5. The number of aromatic nitrogens is 3. The number of hydrogen-bond donors (Lipinski definition) is 2. The van der Waals surface area contributed by atoms with Crippen LogP contribution in [0.3, 0.4) is 0 Å². The molecular formula is C22H20N4O2. The van der Waals surface area contributed by atoms with Gasteiger partial charge in [0.15, 0.2) is 5.82 Å². The Morgan fingerprint density at radius 3 is 2.75 bits per heavy atom. The molecule has 0 radical (unpaired) electrons. The molecule has 0 aliphatic heterocycles. The predicted molar refractivity (Wildman–Crippen MR) is 109 cm³/mol. The van der Waals surface area contributed by atoms with Crippen LogP contribution in [-0.4, -0.2) is 26.7 Å². The van der Waals surface area contributed by atoms with Crippen LogP contribution in [0.2, 0.25) is 0 Å². The van der Waals surface area contributed by atoms with Gasteiger partial charge in [-0.15, -0.1) is 0 Å². The number of benzene rings is 2. The zero-order valence-electron chi connectivity index (χ0n) is 15.5. The number of fused-ring (bicyclic) bond motifs is 1. The smallest absolute Gasteiger partial charge is 0.166 e. The maximum absolute atomic E-state index is 10.4. The molecule has 2 N–H and O–H groups in total. The minimum Gasteiger partial charge on any atom is -0.507 e. The molecule has 0 unspecified atom stereocenters. The Balaban J connectivity index is 1.77. The van der Waals surface area contributed by atoms with Gasteiger partial charge in [-0.25, -0.2) is 9.97 Å². The normalized spacial score (nSPS) is 10.8. The number of hydrogen-bond acceptors (Lipinski definition) is 6. The lowest BCUT2D eigenvalue weighted by Gasteiger charge is -2.12. The molecule has 0 aliphatic carbocycles. The van der Waals surface area contributed by atoms with Crippen LogP contribution in [0.1, 0.15) is 12.5 Å². The van der Waals surface area contributed by atoms with Crippen LogP contribution >= 0.6 is 0 Å². The van der Waals surface area contributed by atoms with Crippen molar-refractivity contribution < 1.29 is 9.84 Å². The summed E-state index contributed by atoms with van der Waals surface area (Å²) in [6, 6.07) is 16.8. The van der Waals surface area contributed by atoms with Gasteiger partial charge in [0.1, 0.15) is 17.3 Å². The Hall–Kier alpha value is -3.67. The zero-order valence-corrected chi connectivity index (χ0v) is 15.5. The lowest BCUT2D eigenvalue weighted by Crippen LogP contribution is -2.04. The Bertz CT molecular complexity index is 1100. The first-order chi connectivity index (χ1) is 13.7. The number of ether oxygens (including phenoxy) is 1. The molecule has 0 amide bonds. The molecule has 0 saturated heterocycles. The van der Waals surface area contributed by atoms with Crippen molar-refractivity contribution in [2.75, 3.05) is 11.9 Å². The molecule has 2 aromatic heterocycles. The van der Waals surface area contributed by atoms with Gasteiger partial charge in [-0.2, -0.15) is 0 Å². The van der Waals surface area contributed by atoms with E-state index >= 15 is 0 Å². The zero-order chi connectivity index (χ0) is 19.3. The first kappa shape index (κ1) is 17.7. The summed E-state index contributed by atoms with van der Waals surface area (Å²) in [6.07, 6.45) is 3.56. The fraction of sp³-hybridized carbons (Fsp3) is 0.136. The summed E-state index contributed by atoms with van der Waals surface area (Å²) in [5.74, 6) is 1.91. The van der Waals surface area contributed by atoms with Crippen LogP contribution in [0.15, 0.2) is 67.0 Å². The lowest BCUT2D eigenvalue weighted by atomic mass is 10.1. The van der Waals surface area contributed by atoms with Crippen LogP contribution in [0, 0.1) is 0 Å². The van der Waals surface area contributed by atoms with E-state index in [1.165, 1.54) is 0 Å². The van der Waals surface area contributed by atoms with Gasteiger partial charge in [0.2, 0.25) is 0 Å². The Labute approximate surface area is 162 Å². The first-order valence-electron chi connectivity index (χ1n) is 9.10. The van der Waals surface area contributed by atoms with Gasteiger partial charge < -0.3 is 15.2 Å². The second kappa shape index (κ2) is 7.92. The molecule has 2 aromatic carbocycles. The van der Waals surface area contributed by atoms with E-state index in [0.717, 1.165) is 16.5 Å². The Morgan fingerprint density at radius 1 is 1.04 bits per heavy atom. The molecule has 2 heterocycles. The van der Waals surface area contributed by atoms with Gasteiger partial charge in [-0.1, -0.05) is 18.2 Å². The summed E-state index contributed by atoms with van der Waals surface area (Å²) in [5, 5.41) is 14.6. The highest BCUT2D eigenvalue weighted by Gasteiger charge is 2.13. The molecule has 0 bridgehead atoms. The highest BCUT2D eigenvalue weighted by Crippen LogP contribution is 2.33. The maximum Gasteiger partial charge on any atom is 0.166 e. The average Bonchev–Trinajstić information content (AvgIpc) is 2.74. The summed E-state index contributed by atoms with van der Waals surface area (Å²) in [7, 11) is 0. The van der Waals surface area contributed by atoms with Crippen molar-refractivity contribution in [1.29, 1.82) is 0 Å². The number of phenols is 1. The predicted octanol–water partition coefficient (Wildman–Crippen LogP) is 4.41. The third kappa shape index (κ3) is 3.71. The van der Waals surface area contributed by atoms with Gasteiger partial charge in [0.25, 0.3) is 0 Å². The van der Waals surface area contributed by atoms with Crippen molar-refractivity contribution in [3.63, 3.8) is 0 Å². The molecule has 140 valence electrons. The lowest BCUT2D eigenvalue weighted by molar-refractivity contribution is 0.339. The number of para-hydroxylation sites is 1. The van der Waals surface area contributed by atoms with E-state index in [1.807, 2.05) is 49.5 Å². The third-order valence-electron chi connectivity index (χ3n) is 4.31. The summed E-state index contributed by atoms with van der Waals surface area (Å²) in [4.78, 5) is 13.5. The number of pyridine rings is 1. The molecule has 0 saturated carbocycles. The summed E-state index contributed by atoms with van der Waals surface area (Å²) < 4.78 is 5.56. The molecule has 28 heavy (non-hydrogen) atoms. The summed E-state index contributed by atoms with van der Waals surface area (Å²) in [5.41, 5.74) is 2.37. The first-order valence-corrected chi connectivity index (χ1v) is 9.10. The average molecular weight is 372 g/mol. The van der Waals surface area contributed by atoms with Crippen molar-refractivity contribution in [2.45, 2.75) is 13.5 Å². The molecule has 0 aliphatic rings. The van der Waals surface area contributed by atoms with Gasteiger partial charge in [0.05, 0.1) is 17.7 Å². The quantitative estimate of drug-likeness (QED) is 0.522. The van der Waals surface area contributed by atoms with Gasteiger partial charge in [-0.05, 0) is 48.9 Å². The second-order valence-corrected chi connectivity index (χ2v) is 6.24. The summed E-state index contributed by atoms with van der Waals surface area (Å²) in [6.45, 7) is 3.04. The van der Waals surface area contributed by atoms with Crippen molar-refractivity contribution >= 4 is 16.7 Å². The standard InChI is InChI=1S/C22H20N4O2/c1-2-28-16-9-10-20(27)18(12-16)22-25-19-8-4-3-7-17(19)21(26-22)24-14-15-6-5-11-23-13-15/h3-13,27H,2,14H2,1H3,(H,24,25,26). The molecule has 6 nitrogen and oxygen atoms in total. The van der Waals surface area contributed by atoms with Crippen molar-refractivity contribution in [2.24, 2.45) is 0 Å². The van der Waals surface area contributed by atoms with Crippen LogP contribution in [-0.2, 0) is 6.54 Å². The largest absolute Gasteiger partial charge is 0.507 e. The van der Waals surface area contributed by atoms with E-state index in [0.29, 0.717) is 36.1 Å². The molecule has 0 atom stereocenters. The summed E-state index contributed by atoms with van der Waals surface area (Å²) >= 11 is 0. The molecular weight excluding hydrogens is 352 g/mol. The van der Waals surface area contributed by atoms with Crippen molar-refractivity contribution in [3.05, 3.63) is 72.6 Å². The van der Waals surface area contributed by atoms with E-state index < -0.39 is 0 Å². The highest BCUT2D eigenvalue weighted by molar-refractivity contribution is 5.91. The number of nitrogens with one attached hydrogen (secondary N) is 1. The number of anilines is 1. The fourth-order valence-electron chi connectivity index (χ4n) is 2.97. The Morgan fingerprint density at radius 2 is 1.93 bits per heavy atom. The third-order valence-corrected chi connectivity index (χ3v) is 4.31. The van der Waals surface area contributed by atoms with Gasteiger partial charge in [-0.3, -0.25) is 4.98 Å². The molecule has 4 rings (SSSR count). The van der Waals surface area contributed by atoms with E-state index in [2.05, 4.69) is 15.3 Å². The minimum atomic E-state index is 0.108. The van der Waals surface area contributed by atoms with Crippen LogP contribution in [0.4, 0.5) is 5.82 Å². The number of aromatic hydroxyl groups is 1. The fourth-order valence-corrected chi connectivity index (χ4v) is 2.97. The second-order valence-electron chi connectivity index (χ2n) is 6.24. The SMILES string of the molecule is CCOc1ccc(O)c(-c2nc(NCc3cccnc3)c3ccccc3n2)c1. The van der Waals surface area contributed by atoms with Crippen LogP contribution < -0.4 is 10.1 Å². The van der Waals surface area contributed by atoms with Crippen LogP contribution in [0.5, 0.6) is 11.5 Å². The molecule has 0 fully saturated rings. The molecule has 6 heteroatoms. The number of phenolic OH excluding ortho intramolecular Hbond substituents is 1. The van der Waals surface area contributed by atoms with Gasteiger partial charge >= 0.3 is 0 Å². The molecule has 0 spiro atoms. The van der Waals surface area contributed by atoms with E-state index in [1.54, 1.807) is 24.4 Å². The number of rotatable bonds is 6. The topological polar surface area (TPSA) is 80.2 Å². The van der Waals surface area contributed by atoms with Crippen molar-refractivity contribution in [3.8, 4) is 22.9 Å². The number of nitrogens with zero attached hydrogens (tertiary/aromatic N) is 3. The monoisotopic (exact) mass is 372 g/mol. The maximum atomic E-state index is 10.4. The van der Waals surface area contributed by atoms with E-state index in [4.69, 9.17) is 9.72 Å². The molecule has 4 aromatic rings. The van der Waals surface area contributed by atoms with Crippen molar-refractivity contribution in [1.82, 2.24) is 15.0 Å². The van der Waals surface area contributed by atoms with Crippen LogP contribution in [0.25, 0.3) is 22.3 Å². The minimum absolute atomic E-state index is 0.108. The Kier molecular flexibility index (Phi) is 5.01. The van der Waals surface area contributed by atoms with E-state index in [-0.39, 0.29) is 5.75 Å².